The fourth-order valence-corrected chi connectivity index (χ4v) is 3.73. The third-order valence-electron chi connectivity index (χ3n) is 4.10. The molecule has 0 amide bonds. The van der Waals surface area contributed by atoms with E-state index < -0.39 is 10.0 Å². The number of likely N-dealkylation sites (N-methyl/N-ethyl adjacent to an activating group) is 1. The highest BCUT2D eigenvalue weighted by Gasteiger charge is 2.21. The number of ether oxygens (including phenoxy) is 2. The molecule has 154 valence electrons. The molecule has 8 nitrogen and oxygen atoms in total. The van der Waals surface area contributed by atoms with E-state index in [1.807, 2.05) is 0 Å². The van der Waals surface area contributed by atoms with E-state index >= 15 is 0 Å². The van der Waals surface area contributed by atoms with E-state index in [4.69, 9.17) is 25.6 Å². The van der Waals surface area contributed by atoms with Crippen molar-refractivity contribution in [2.75, 3.05) is 20.7 Å². The minimum absolute atomic E-state index is 0.109. The smallest absolute Gasteiger partial charge is 0.264 e. The average molecular weight is 438 g/mol. The molecule has 10 heteroatoms. The third kappa shape index (κ3) is 5.47. The predicted molar refractivity (Wildman–Crippen MR) is 107 cm³/mol. The number of sulfonamides is 1. The zero-order valence-electron chi connectivity index (χ0n) is 15.9. The quantitative estimate of drug-likeness (QED) is 0.507. The van der Waals surface area contributed by atoms with Gasteiger partial charge in [-0.05, 0) is 48.5 Å². The van der Waals surface area contributed by atoms with Crippen molar-refractivity contribution in [1.29, 1.82) is 0 Å². The van der Waals surface area contributed by atoms with Crippen LogP contribution in [0.2, 0.25) is 5.02 Å². The number of halogens is 1. The third-order valence-corrected chi connectivity index (χ3v) is 6.23. The molecule has 0 aliphatic rings. The van der Waals surface area contributed by atoms with Crippen molar-refractivity contribution >= 4 is 21.6 Å². The molecule has 0 N–H and O–H groups in total. The van der Waals surface area contributed by atoms with Crippen LogP contribution in [-0.2, 0) is 23.1 Å². The molecule has 0 unspecified atom stereocenters. The maximum Gasteiger partial charge on any atom is 0.264 e. The first-order valence-electron chi connectivity index (χ1n) is 8.68. The van der Waals surface area contributed by atoms with E-state index in [2.05, 4.69) is 10.1 Å². The van der Waals surface area contributed by atoms with Gasteiger partial charge >= 0.3 is 0 Å². The Morgan fingerprint density at radius 3 is 2.38 bits per heavy atom. The fourth-order valence-electron chi connectivity index (χ4n) is 2.43. The average Bonchev–Trinajstić information content (AvgIpc) is 3.19. The van der Waals surface area contributed by atoms with Gasteiger partial charge in [0.25, 0.3) is 5.89 Å². The van der Waals surface area contributed by atoms with Gasteiger partial charge in [0.05, 0.1) is 12.0 Å². The molecule has 0 fully saturated rings. The highest BCUT2D eigenvalue weighted by Crippen LogP contribution is 2.19. The van der Waals surface area contributed by atoms with Gasteiger partial charge in [-0.25, -0.2) is 12.7 Å². The molecule has 0 saturated heterocycles. The SMILES string of the molecule is COc1ccc(OCc2nc(CCN(C)S(=O)(=O)c3ccc(Cl)cc3)no2)cc1. The van der Waals surface area contributed by atoms with Gasteiger partial charge in [0.2, 0.25) is 10.0 Å². The van der Waals surface area contributed by atoms with Crippen LogP contribution in [0.3, 0.4) is 0 Å². The van der Waals surface area contributed by atoms with Crippen molar-refractivity contribution in [2.24, 2.45) is 0 Å². The number of nitrogens with zero attached hydrogens (tertiary/aromatic N) is 3. The lowest BCUT2D eigenvalue weighted by Crippen LogP contribution is -2.29. The maximum atomic E-state index is 12.6. The van der Waals surface area contributed by atoms with Crippen LogP contribution in [0.4, 0.5) is 0 Å². The lowest BCUT2D eigenvalue weighted by molar-refractivity contribution is 0.242. The summed E-state index contributed by atoms with van der Waals surface area (Å²) in [7, 11) is -0.529. The highest BCUT2D eigenvalue weighted by atomic mass is 35.5. The van der Waals surface area contributed by atoms with Crippen LogP contribution >= 0.6 is 11.6 Å². The van der Waals surface area contributed by atoms with E-state index in [0.717, 1.165) is 5.75 Å². The molecule has 0 spiro atoms. The van der Waals surface area contributed by atoms with E-state index in [-0.39, 0.29) is 18.0 Å². The number of rotatable bonds is 9. The number of methoxy groups -OCH3 is 1. The molecule has 2 aromatic carbocycles. The van der Waals surface area contributed by atoms with Crippen LogP contribution in [0.15, 0.2) is 57.9 Å². The summed E-state index contributed by atoms with van der Waals surface area (Å²) in [6.07, 6.45) is 0.301. The molecule has 3 rings (SSSR count). The second-order valence-corrected chi connectivity index (χ2v) is 8.58. The largest absolute Gasteiger partial charge is 0.497 e. The lowest BCUT2D eigenvalue weighted by Gasteiger charge is -2.16. The van der Waals surface area contributed by atoms with Crippen molar-refractivity contribution in [2.45, 2.75) is 17.9 Å². The Hall–Kier alpha value is -2.62. The van der Waals surface area contributed by atoms with Gasteiger partial charge in [-0.1, -0.05) is 16.8 Å². The Morgan fingerprint density at radius 2 is 1.72 bits per heavy atom. The molecule has 1 aromatic heterocycles. The number of aromatic nitrogens is 2. The minimum Gasteiger partial charge on any atom is -0.497 e. The highest BCUT2D eigenvalue weighted by molar-refractivity contribution is 7.89. The lowest BCUT2D eigenvalue weighted by atomic mass is 10.3. The maximum absolute atomic E-state index is 12.6. The summed E-state index contributed by atoms with van der Waals surface area (Å²) in [5.74, 6) is 2.07. The summed E-state index contributed by atoms with van der Waals surface area (Å²) in [5, 5.41) is 4.34. The summed E-state index contributed by atoms with van der Waals surface area (Å²) in [6, 6.07) is 13.1. The molecule has 0 aliphatic heterocycles. The Bertz CT molecular complexity index is 1040. The van der Waals surface area contributed by atoms with Gasteiger partial charge in [-0.2, -0.15) is 4.98 Å². The zero-order valence-corrected chi connectivity index (χ0v) is 17.5. The summed E-state index contributed by atoms with van der Waals surface area (Å²) in [6.45, 7) is 0.307. The topological polar surface area (TPSA) is 94.8 Å². The number of hydrogen-bond donors (Lipinski definition) is 0. The summed E-state index contributed by atoms with van der Waals surface area (Å²) >= 11 is 5.81. The predicted octanol–water partition coefficient (Wildman–Crippen LogP) is 3.17. The van der Waals surface area contributed by atoms with Crippen LogP contribution in [0.5, 0.6) is 11.5 Å². The second kappa shape index (κ2) is 9.25. The van der Waals surface area contributed by atoms with E-state index in [1.165, 1.54) is 35.6 Å². The normalized spacial score (nSPS) is 11.6. The zero-order chi connectivity index (χ0) is 20.9. The van der Waals surface area contributed by atoms with Gasteiger partial charge in [0.15, 0.2) is 12.4 Å². The van der Waals surface area contributed by atoms with Crippen LogP contribution in [0, 0.1) is 0 Å². The van der Waals surface area contributed by atoms with Crippen LogP contribution in [0.25, 0.3) is 0 Å². The van der Waals surface area contributed by atoms with Gasteiger partial charge < -0.3 is 14.0 Å². The molecular formula is C19H20ClN3O5S. The Kier molecular flexibility index (Phi) is 6.73. The van der Waals surface area contributed by atoms with Gasteiger partial charge in [-0.15, -0.1) is 0 Å². The Morgan fingerprint density at radius 1 is 1.07 bits per heavy atom. The number of hydrogen-bond acceptors (Lipinski definition) is 7. The molecule has 0 atom stereocenters. The Labute approximate surface area is 174 Å². The molecule has 3 aromatic rings. The second-order valence-electron chi connectivity index (χ2n) is 6.10. The van der Waals surface area contributed by atoms with Crippen molar-refractivity contribution in [3.8, 4) is 11.5 Å². The standard InChI is InChI=1S/C19H20ClN3O5S/c1-23(29(24,25)17-9-3-14(20)4-10-17)12-11-18-21-19(28-22-18)13-27-16-7-5-15(26-2)6-8-16/h3-10H,11-13H2,1-2H3. The van der Waals surface area contributed by atoms with Gasteiger partial charge in [0.1, 0.15) is 11.5 Å². The van der Waals surface area contributed by atoms with Crippen molar-refractivity contribution in [3.05, 3.63) is 65.3 Å². The van der Waals surface area contributed by atoms with Crippen molar-refractivity contribution in [1.82, 2.24) is 14.4 Å². The van der Waals surface area contributed by atoms with E-state index in [1.54, 1.807) is 31.4 Å². The van der Waals surface area contributed by atoms with E-state index in [0.29, 0.717) is 28.9 Å². The van der Waals surface area contributed by atoms with Crippen LogP contribution in [0.1, 0.15) is 11.7 Å². The molecule has 0 radical (unpaired) electrons. The molecule has 0 bridgehead atoms. The fraction of sp³-hybridized carbons (Fsp3) is 0.263. The summed E-state index contributed by atoms with van der Waals surface area (Å²) < 4.78 is 42.2. The van der Waals surface area contributed by atoms with Crippen molar-refractivity contribution < 1.29 is 22.4 Å². The number of benzene rings is 2. The van der Waals surface area contributed by atoms with Gasteiger partial charge in [0, 0.05) is 25.0 Å². The molecule has 29 heavy (non-hydrogen) atoms. The monoisotopic (exact) mass is 437 g/mol. The van der Waals surface area contributed by atoms with Gasteiger partial charge in [-0.3, -0.25) is 0 Å². The summed E-state index contributed by atoms with van der Waals surface area (Å²) in [5.41, 5.74) is 0. The first-order valence-corrected chi connectivity index (χ1v) is 10.5. The van der Waals surface area contributed by atoms with E-state index in [9.17, 15) is 8.42 Å². The molecule has 1 heterocycles. The molecular weight excluding hydrogens is 418 g/mol. The molecule has 0 aliphatic carbocycles. The first kappa shape index (κ1) is 21.1. The minimum atomic E-state index is -3.62. The molecule has 0 saturated carbocycles. The first-order chi connectivity index (χ1) is 13.9. The van der Waals surface area contributed by atoms with Crippen LogP contribution < -0.4 is 9.47 Å². The van der Waals surface area contributed by atoms with Crippen LogP contribution in [-0.4, -0.2) is 43.6 Å². The summed E-state index contributed by atoms with van der Waals surface area (Å²) in [4.78, 5) is 4.40. The Balaban J connectivity index is 1.53. The van der Waals surface area contributed by atoms with Crippen molar-refractivity contribution in [3.63, 3.8) is 0 Å².